The summed E-state index contributed by atoms with van der Waals surface area (Å²) in [5.41, 5.74) is -4.15. The van der Waals surface area contributed by atoms with Gasteiger partial charge < -0.3 is 43.2 Å². The Balaban J connectivity index is 3.86. The molecule has 1 rings (SSSR count). The van der Waals surface area contributed by atoms with Crippen molar-refractivity contribution in [3.05, 3.63) is 0 Å². The second kappa shape index (κ2) is 19.2. The van der Waals surface area contributed by atoms with E-state index >= 15 is 0 Å². The van der Waals surface area contributed by atoms with Crippen molar-refractivity contribution in [2.45, 2.75) is 182 Å². The quantitative estimate of drug-likeness (QED) is 0.187. The lowest BCUT2D eigenvalue weighted by molar-refractivity contribution is -0.291. The van der Waals surface area contributed by atoms with Gasteiger partial charge in [0.25, 0.3) is 5.91 Å². The molecule has 0 saturated carbocycles. The van der Waals surface area contributed by atoms with Gasteiger partial charge in [-0.05, 0) is 81.6 Å². The van der Waals surface area contributed by atoms with Crippen LogP contribution in [0.5, 0.6) is 0 Å². The zero-order valence-corrected chi connectivity index (χ0v) is 33.2. The monoisotopic (exact) mass is 759 g/mol. The van der Waals surface area contributed by atoms with E-state index in [-0.39, 0.29) is 38.5 Å². The summed E-state index contributed by atoms with van der Waals surface area (Å²) in [6.45, 7) is 19.1. The number of nitrogens with one attached hydrogen (secondary N) is 1. The summed E-state index contributed by atoms with van der Waals surface area (Å²) in [4.78, 5) is 102. The predicted octanol–water partition coefficient (Wildman–Crippen LogP) is 3.29. The molecule has 0 aromatic carbocycles. The van der Waals surface area contributed by atoms with Gasteiger partial charge in [-0.3, -0.25) is 38.4 Å². The number of carbonyl (C=O) groups excluding carboxylic acids is 8. The Kier molecular flexibility index (Phi) is 16.9. The number of hydrogen-bond acceptors (Lipinski definition) is 16. The molecule has 1 N–H and O–H groups in total. The van der Waals surface area contributed by atoms with Crippen LogP contribution < -0.4 is 5.32 Å². The lowest BCUT2D eigenvalue weighted by Gasteiger charge is -2.44. The fourth-order valence-corrected chi connectivity index (χ4v) is 5.34. The molecule has 0 spiro atoms. The molecule has 1 aliphatic heterocycles. The SMILES string of the molecule is CC(=O)O[C@@H]1O[C@H](C(=O)NC(CCC(=O)OC(C)(C)C)(CCC(=O)OC(C)(C)C)CCC(=O)OC(C)(C)C)[C@@H](OC(C)=O)[C@H](OC(C)=O)[C@H]1OC(C)=O. The molecule has 0 aromatic heterocycles. The van der Waals surface area contributed by atoms with Crippen LogP contribution in [0.3, 0.4) is 0 Å². The molecule has 0 radical (unpaired) electrons. The Morgan fingerprint density at radius 1 is 0.491 bits per heavy atom. The van der Waals surface area contributed by atoms with E-state index in [9.17, 15) is 38.4 Å². The molecule has 1 heterocycles. The number of esters is 7. The minimum atomic E-state index is -1.91. The zero-order chi connectivity index (χ0) is 41.1. The van der Waals surface area contributed by atoms with Crippen LogP contribution in [0.1, 0.15) is 129 Å². The minimum Gasteiger partial charge on any atom is -0.460 e. The van der Waals surface area contributed by atoms with Gasteiger partial charge in [-0.1, -0.05) is 0 Å². The van der Waals surface area contributed by atoms with Crippen LogP contribution in [0.4, 0.5) is 0 Å². The minimum absolute atomic E-state index is 0.180. The van der Waals surface area contributed by atoms with Crippen LogP contribution in [-0.2, 0) is 76.3 Å². The summed E-state index contributed by atoms with van der Waals surface area (Å²) in [6, 6.07) is 0. The van der Waals surface area contributed by atoms with Crippen LogP contribution in [0, 0.1) is 0 Å². The molecule has 0 bridgehead atoms. The average molecular weight is 760 g/mol. The Morgan fingerprint density at radius 3 is 1.13 bits per heavy atom. The Hall–Kier alpha value is -4.28. The van der Waals surface area contributed by atoms with Crippen molar-refractivity contribution in [1.29, 1.82) is 0 Å². The van der Waals surface area contributed by atoms with Crippen LogP contribution >= 0.6 is 0 Å². The lowest BCUT2D eigenvalue weighted by Crippen LogP contribution is -2.66. The second-order valence-corrected chi connectivity index (χ2v) is 15.8. The van der Waals surface area contributed by atoms with E-state index in [1.54, 1.807) is 62.3 Å². The molecule has 0 aromatic rings. The van der Waals surface area contributed by atoms with Crippen molar-refractivity contribution in [3.8, 4) is 0 Å². The molecule has 0 unspecified atom stereocenters. The van der Waals surface area contributed by atoms with E-state index < -0.39 is 101 Å². The largest absolute Gasteiger partial charge is 0.460 e. The van der Waals surface area contributed by atoms with Gasteiger partial charge in [0, 0.05) is 52.5 Å². The van der Waals surface area contributed by atoms with Gasteiger partial charge in [-0.2, -0.15) is 0 Å². The molecule has 1 aliphatic rings. The summed E-state index contributed by atoms with van der Waals surface area (Å²) in [7, 11) is 0. The summed E-state index contributed by atoms with van der Waals surface area (Å²) in [5.74, 6) is -6.72. The number of hydrogen-bond donors (Lipinski definition) is 1. The third kappa shape index (κ3) is 18.4. The third-order valence-electron chi connectivity index (χ3n) is 7.01. The second-order valence-electron chi connectivity index (χ2n) is 15.8. The van der Waals surface area contributed by atoms with Crippen LogP contribution in [-0.4, -0.2) is 101 Å². The van der Waals surface area contributed by atoms with Crippen LogP contribution in [0.15, 0.2) is 0 Å². The molecule has 5 atom stereocenters. The molecular weight excluding hydrogens is 702 g/mol. The maximum atomic E-state index is 14.5. The highest BCUT2D eigenvalue weighted by atomic mass is 16.7. The summed E-state index contributed by atoms with van der Waals surface area (Å²) in [5, 5.41) is 2.79. The van der Waals surface area contributed by atoms with Crippen molar-refractivity contribution in [2.24, 2.45) is 0 Å². The smallest absolute Gasteiger partial charge is 0.306 e. The summed E-state index contributed by atoms with van der Waals surface area (Å²) >= 11 is 0. The van der Waals surface area contributed by atoms with Crippen molar-refractivity contribution in [3.63, 3.8) is 0 Å². The topological polar surface area (TPSA) is 222 Å². The van der Waals surface area contributed by atoms with Gasteiger partial charge in [0.05, 0.1) is 0 Å². The number of carbonyl (C=O) groups is 8. The standard InChI is InChI=1S/C36H57NO16/c1-20(38)46-27-28(47-21(2)39)30(48-22(3)40)32(49-23(4)41)50-29(27)31(45)37-36(17-14-24(42)51-33(5,6)7,18-15-25(43)52-34(8,9)10)19-16-26(44)53-35(11,12)13/h27-30,32H,14-19H2,1-13H3,(H,37,45)/t27-,28-,29-,30+,32+/m0/s1. The molecule has 53 heavy (non-hydrogen) atoms. The Labute approximate surface area is 310 Å². The molecule has 1 amide bonds. The highest BCUT2D eigenvalue weighted by Gasteiger charge is 2.56. The first-order chi connectivity index (χ1) is 24.0. The fourth-order valence-electron chi connectivity index (χ4n) is 5.34. The first kappa shape index (κ1) is 46.7. The Bertz CT molecular complexity index is 1270. The molecular formula is C36H57NO16. The zero-order valence-electron chi connectivity index (χ0n) is 33.2. The highest BCUT2D eigenvalue weighted by molar-refractivity contribution is 5.84. The maximum Gasteiger partial charge on any atom is 0.306 e. The van der Waals surface area contributed by atoms with Crippen molar-refractivity contribution < 1.29 is 76.3 Å². The van der Waals surface area contributed by atoms with Crippen LogP contribution in [0.2, 0.25) is 0 Å². The molecule has 1 saturated heterocycles. The van der Waals surface area contributed by atoms with Crippen molar-refractivity contribution in [2.75, 3.05) is 0 Å². The van der Waals surface area contributed by atoms with Crippen LogP contribution in [0.25, 0.3) is 0 Å². The van der Waals surface area contributed by atoms with E-state index in [0.717, 1.165) is 27.7 Å². The molecule has 17 nitrogen and oxygen atoms in total. The van der Waals surface area contributed by atoms with Gasteiger partial charge in [0.2, 0.25) is 12.4 Å². The van der Waals surface area contributed by atoms with Crippen molar-refractivity contribution >= 4 is 47.7 Å². The lowest BCUT2D eigenvalue weighted by atomic mass is 9.82. The Morgan fingerprint density at radius 2 is 0.811 bits per heavy atom. The first-order valence-electron chi connectivity index (χ1n) is 17.3. The molecule has 0 aliphatic carbocycles. The number of ether oxygens (including phenoxy) is 8. The molecule has 17 heteroatoms. The van der Waals surface area contributed by atoms with Gasteiger partial charge in [-0.25, -0.2) is 0 Å². The van der Waals surface area contributed by atoms with Gasteiger partial charge in [0.15, 0.2) is 18.3 Å². The fraction of sp³-hybridized carbons (Fsp3) is 0.778. The summed E-state index contributed by atoms with van der Waals surface area (Å²) in [6.07, 6.45) is -10.4. The van der Waals surface area contributed by atoms with E-state index in [1.165, 1.54) is 0 Å². The predicted molar refractivity (Wildman–Crippen MR) is 183 cm³/mol. The first-order valence-corrected chi connectivity index (χ1v) is 17.3. The third-order valence-corrected chi connectivity index (χ3v) is 7.01. The van der Waals surface area contributed by atoms with Gasteiger partial charge >= 0.3 is 41.8 Å². The summed E-state index contributed by atoms with van der Waals surface area (Å²) < 4.78 is 43.6. The van der Waals surface area contributed by atoms with E-state index in [2.05, 4.69) is 5.32 Å². The molecule has 1 fully saturated rings. The molecule has 302 valence electrons. The maximum absolute atomic E-state index is 14.5. The highest BCUT2D eigenvalue weighted by Crippen LogP contribution is 2.33. The van der Waals surface area contributed by atoms with Gasteiger partial charge in [-0.15, -0.1) is 0 Å². The normalized spacial score (nSPS) is 20.6. The average Bonchev–Trinajstić information content (AvgIpc) is 2.93. The van der Waals surface area contributed by atoms with E-state index in [0.29, 0.717) is 0 Å². The van der Waals surface area contributed by atoms with E-state index in [1.807, 2.05) is 0 Å². The number of amides is 1. The number of rotatable bonds is 15. The van der Waals surface area contributed by atoms with E-state index in [4.69, 9.17) is 37.9 Å². The van der Waals surface area contributed by atoms with Crippen molar-refractivity contribution in [1.82, 2.24) is 5.32 Å². The van der Waals surface area contributed by atoms with Gasteiger partial charge in [0.1, 0.15) is 16.8 Å².